The summed E-state index contributed by atoms with van der Waals surface area (Å²) in [6.45, 7) is 0. The molecule has 3 aromatic carbocycles. The third kappa shape index (κ3) is 3.55. The van der Waals surface area contributed by atoms with Crippen LogP contribution >= 0.6 is 0 Å². The van der Waals surface area contributed by atoms with E-state index >= 15 is 0 Å². The maximum atomic E-state index is 13.9. The van der Waals surface area contributed by atoms with Crippen LogP contribution in [0.25, 0.3) is 0 Å². The second kappa shape index (κ2) is 8.92. The molecule has 2 aliphatic rings. The van der Waals surface area contributed by atoms with Crippen LogP contribution in [-0.2, 0) is 14.4 Å². The number of hydrogen-bond acceptors (Lipinski definition) is 7. The first-order valence-electron chi connectivity index (χ1n) is 10.9. The molecule has 3 aromatic rings. The maximum Gasteiger partial charge on any atom is 0.266 e. The highest BCUT2D eigenvalue weighted by molar-refractivity contribution is 6.24. The minimum absolute atomic E-state index is 0.155. The fourth-order valence-corrected chi connectivity index (χ4v) is 4.76. The Morgan fingerprint density at radius 1 is 0.800 bits per heavy atom. The fourth-order valence-electron chi connectivity index (χ4n) is 4.76. The Hall–Kier alpha value is -4.11. The molecule has 8 nitrogen and oxygen atoms in total. The van der Waals surface area contributed by atoms with Crippen LogP contribution in [0, 0.1) is 11.7 Å². The van der Waals surface area contributed by atoms with Gasteiger partial charge in [-0.15, -0.1) is 0 Å². The summed E-state index contributed by atoms with van der Waals surface area (Å²) < 4.78 is 30.6. The maximum absolute atomic E-state index is 13.9. The van der Waals surface area contributed by atoms with Gasteiger partial charge in [0, 0.05) is 5.56 Å². The second-order valence-electron chi connectivity index (χ2n) is 8.07. The molecule has 0 bridgehead atoms. The number of carbonyl (C=O) groups excluding carboxylic acids is 2. The number of halogens is 1. The van der Waals surface area contributed by atoms with Crippen molar-refractivity contribution in [1.29, 1.82) is 0 Å². The minimum Gasteiger partial charge on any atom is -0.493 e. The molecule has 0 saturated carbocycles. The number of rotatable bonds is 6. The quantitative estimate of drug-likeness (QED) is 0.498. The Labute approximate surface area is 201 Å². The smallest absolute Gasteiger partial charge is 0.266 e. The van der Waals surface area contributed by atoms with E-state index in [-0.39, 0.29) is 5.69 Å². The van der Waals surface area contributed by atoms with Crippen LogP contribution in [0.1, 0.15) is 11.6 Å². The third-order valence-electron chi connectivity index (χ3n) is 6.25. The number of imide groups is 1. The summed E-state index contributed by atoms with van der Waals surface area (Å²) in [5.41, 5.74) is 1.38. The van der Waals surface area contributed by atoms with E-state index in [1.165, 1.54) is 39.5 Å². The van der Waals surface area contributed by atoms with Crippen molar-refractivity contribution in [3.05, 3.63) is 78.1 Å². The summed E-state index contributed by atoms with van der Waals surface area (Å²) in [6, 6.07) is 17.2. The number of fused-ring (bicyclic) bond motifs is 1. The largest absolute Gasteiger partial charge is 0.493 e. The zero-order valence-corrected chi connectivity index (χ0v) is 19.3. The molecule has 0 aliphatic carbocycles. The number of hydrogen-bond donors (Lipinski definition) is 0. The molecular weight excluding hydrogens is 455 g/mol. The number of ether oxygens (including phenoxy) is 3. The van der Waals surface area contributed by atoms with Crippen molar-refractivity contribution >= 4 is 23.2 Å². The van der Waals surface area contributed by atoms with Crippen LogP contribution < -0.4 is 24.2 Å². The number of anilines is 2. The number of para-hydroxylation sites is 1. The molecule has 180 valence electrons. The van der Waals surface area contributed by atoms with Crippen molar-refractivity contribution < 1.29 is 33.0 Å². The SMILES string of the molecule is COc1ccc([C@@H]2[C@H]3C(=O)N(c4cccc(F)c4)C(=O)[C@H]3ON2c2ccccc2)c(OC)c1OC. The lowest BCUT2D eigenvalue weighted by atomic mass is 9.89. The number of carbonyl (C=O) groups is 2. The van der Waals surface area contributed by atoms with E-state index in [1.807, 2.05) is 30.3 Å². The number of benzene rings is 3. The fraction of sp³-hybridized carbons (Fsp3) is 0.231. The number of methoxy groups -OCH3 is 3. The minimum atomic E-state index is -1.10. The molecule has 3 atom stereocenters. The van der Waals surface area contributed by atoms with Gasteiger partial charge in [-0.2, -0.15) is 0 Å². The van der Waals surface area contributed by atoms with Crippen molar-refractivity contribution in [3.63, 3.8) is 0 Å². The Kier molecular flexibility index (Phi) is 5.78. The van der Waals surface area contributed by atoms with Crippen LogP contribution in [0.4, 0.5) is 15.8 Å². The van der Waals surface area contributed by atoms with E-state index < -0.39 is 35.7 Å². The van der Waals surface area contributed by atoms with Gasteiger partial charge in [-0.3, -0.25) is 14.4 Å². The Balaban J connectivity index is 1.66. The van der Waals surface area contributed by atoms with Gasteiger partial charge in [0.05, 0.1) is 32.7 Å². The molecule has 0 aromatic heterocycles. The van der Waals surface area contributed by atoms with E-state index in [9.17, 15) is 14.0 Å². The van der Waals surface area contributed by atoms with Gasteiger partial charge in [0.15, 0.2) is 17.6 Å². The number of amides is 2. The first kappa shape index (κ1) is 22.7. The van der Waals surface area contributed by atoms with E-state index in [1.54, 1.807) is 17.2 Å². The molecule has 2 heterocycles. The van der Waals surface area contributed by atoms with Crippen molar-refractivity contribution in [1.82, 2.24) is 0 Å². The monoisotopic (exact) mass is 478 g/mol. The molecule has 0 spiro atoms. The normalized spacial score (nSPS) is 21.3. The Bertz CT molecular complexity index is 1280. The number of hydroxylamine groups is 1. The molecule has 0 N–H and O–H groups in total. The molecule has 2 aliphatic heterocycles. The first-order valence-corrected chi connectivity index (χ1v) is 10.9. The average molecular weight is 478 g/mol. The Morgan fingerprint density at radius 3 is 2.17 bits per heavy atom. The van der Waals surface area contributed by atoms with Crippen LogP contribution in [0.5, 0.6) is 17.2 Å². The summed E-state index contributed by atoms with van der Waals surface area (Å²) in [7, 11) is 4.49. The topological polar surface area (TPSA) is 77.5 Å². The molecule has 2 fully saturated rings. The third-order valence-corrected chi connectivity index (χ3v) is 6.25. The van der Waals surface area contributed by atoms with E-state index in [4.69, 9.17) is 19.0 Å². The van der Waals surface area contributed by atoms with E-state index in [2.05, 4.69) is 0 Å². The van der Waals surface area contributed by atoms with Crippen molar-refractivity contribution in [2.24, 2.45) is 5.92 Å². The summed E-state index contributed by atoms with van der Waals surface area (Å²) in [6.07, 6.45) is -1.10. The molecule has 0 radical (unpaired) electrons. The van der Waals surface area contributed by atoms with Crippen LogP contribution in [0.3, 0.4) is 0 Å². The lowest BCUT2D eigenvalue weighted by molar-refractivity contribution is -0.126. The van der Waals surface area contributed by atoms with Crippen molar-refractivity contribution in [2.75, 3.05) is 31.3 Å². The molecular formula is C26H23FN2O6. The van der Waals surface area contributed by atoms with Gasteiger partial charge in [0.2, 0.25) is 11.7 Å². The van der Waals surface area contributed by atoms with Crippen molar-refractivity contribution in [2.45, 2.75) is 12.1 Å². The summed E-state index contributed by atoms with van der Waals surface area (Å²) in [4.78, 5) is 34.2. The zero-order valence-electron chi connectivity index (χ0n) is 19.3. The van der Waals surface area contributed by atoms with Gasteiger partial charge in [-0.1, -0.05) is 24.3 Å². The summed E-state index contributed by atoms with van der Waals surface area (Å²) in [5.74, 6) is -1.37. The lowest BCUT2D eigenvalue weighted by Crippen LogP contribution is -2.37. The van der Waals surface area contributed by atoms with E-state index in [0.29, 0.717) is 28.5 Å². The molecule has 2 saturated heterocycles. The summed E-state index contributed by atoms with van der Waals surface area (Å²) in [5, 5.41) is 1.55. The standard InChI is InChI=1S/C26H23FN2O6/c1-32-19-13-12-18(22(33-2)23(19)34-3)21-20-24(35-29(21)16-9-5-4-6-10-16)26(31)28(25(20)30)17-11-7-8-15(27)14-17/h4-14,20-21,24H,1-3H3/t20-,21-,24+/m1/s1. The number of nitrogens with zero attached hydrogens (tertiary/aromatic N) is 2. The van der Waals surface area contributed by atoms with E-state index in [0.717, 1.165) is 11.0 Å². The molecule has 5 rings (SSSR count). The predicted octanol–water partition coefficient (Wildman–Crippen LogP) is 3.90. The average Bonchev–Trinajstić information content (AvgIpc) is 3.39. The van der Waals surface area contributed by atoms with Gasteiger partial charge in [0.25, 0.3) is 5.91 Å². The molecule has 2 amide bonds. The highest BCUT2D eigenvalue weighted by atomic mass is 19.1. The zero-order chi connectivity index (χ0) is 24.7. The van der Waals surface area contributed by atoms with Gasteiger partial charge in [0.1, 0.15) is 17.8 Å². The van der Waals surface area contributed by atoms with Gasteiger partial charge in [-0.05, 0) is 42.5 Å². The van der Waals surface area contributed by atoms with Crippen molar-refractivity contribution in [3.8, 4) is 17.2 Å². The predicted molar refractivity (Wildman–Crippen MR) is 125 cm³/mol. The van der Waals surface area contributed by atoms with Crippen LogP contribution in [0.15, 0.2) is 66.7 Å². The van der Waals surface area contributed by atoms with Gasteiger partial charge >= 0.3 is 0 Å². The van der Waals surface area contributed by atoms with Gasteiger partial charge < -0.3 is 14.2 Å². The lowest BCUT2D eigenvalue weighted by Gasteiger charge is -2.30. The highest BCUT2D eigenvalue weighted by Crippen LogP contribution is 2.52. The Morgan fingerprint density at radius 2 is 1.51 bits per heavy atom. The summed E-state index contributed by atoms with van der Waals surface area (Å²) >= 11 is 0. The first-order chi connectivity index (χ1) is 17.0. The molecule has 35 heavy (non-hydrogen) atoms. The highest BCUT2D eigenvalue weighted by Gasteiger charge is 2.61. The second-order valence-corrected chi connectivity index (χ2v) is 8.07. The van der Waals surface area contributed by atoms with Gasteiger partial charge in [-0.25, -0.2) is 14.4 Å². The molecule has 0 unspecified atom stereocenters. The van der Waals surface area contributed by atoms with Crippen LogP contribution in [0.2, 0.25) is 0 Å². The van der Waals surface area contributed by atoms with Crippen LogP contribution in [-0.4, -0.2) is 39.2 Å². The molecule has 9 heteroatoms.